The molecule has 0 aromatic carbocycles. The van der Waals surface area contributed by atoms with Crippen LogP contribution < -0.4 is 0 Å². The molecule has 2 fully saturated rings. The third kappa shape index (κ3) is 3.32. The van der Waals surface area contributed by atoms with Crippen LogP contribution in [0.1, 0.15) is 19.8 Å². The van der Waals surface area contributed by atoms with Crippen LogP contribution in [-0.2, 0) is 14.3 Å². The molecule has 0 radical (unpaired) electrons. The fourth-order valence-corrected chi connectivity index (χ4v) is 2.02. The molecule has 16 heavy (non-hydrogen) atoms. The van der Waals surface area contributed by atoms with Gasteiger partial charge in [-0.2, -0.15) is 0 Å². The predicted octanol–water partition coefficient (Wildman–Crippen LogP) is 0.969. The Balaban J connectivity index is 1.64. The molecule has 3 atom stereocenters. The Bertz CT molecular complexity index is 271. The Kier molecular flexibility index (Phi) is 3.96. The lowest BCUT2D eigenvalue weighted by atomic mass is 10.2. The van der Waals surface area contributed by atoms with Crippen LogP contribution in [0.3, 0.4) is 0 Å². The molecule has 0 aliphatic carbocycles. The van der Waals surface area contributed by atoms with Crippen LogP contribution in [0.2, 0.25) is 0 Å². The van der Waals surface area contributed by atoms with E-state index >= 15 is 0 Å². The first-order chi connectivity index (χ1) is 7.79. The van der Waals surface area contributed by atoms with Crippen molar-refractivity contribution < 1.29 is 14.3 Å². The van der Waals surface area contributed by atoms with Crippen LogP contribution >= 0.6 is 0 Å². The number of hydrogen-bond donors (Lipinski definition) is 0. The molecule has 0 spiro atoms. The number of ether oxygens (including phenoxy) is 2. The molecule has 0 saturated carbocycles. The molecule has 0 aromatic heterocycles. The van der Waals surface area contributed by atoms with Gasteiger partial charge in [0, 0.05) is 31.8 Å². The van der Waals surface area contributed by atoms with Crippen molar-refractivity contribution in [3.05, 3.63) is 12.2 Å². The molecule has 90 valence electrons. The van der Waals surface area contributed by atoms with E-state index in [2.05, 4.69) is 4.90 Å². The molecular formula is C12H19NO3. The molecule has 4 heteroatoms. The van der Waals surface area contributed by atoms with Crippen LogP contribution in [0.4, 0.5) is 0 Å². The summed E-state index contributed by atoms with van der Waals surface area (Å²) in [5, 5.41) is 0. The molecule has 0 bridgehead atoms. The van der Waals surface area contributed by atoms with Gasteiger partial charge in [-0.05, 0) is 19.8 Å². The molecular weight excluding hydrogens is 206 g/mol. The molecule has 2 aliphatic heterocycles. The minimum absolute atomic E-state index is 0.244. The normalized spacial score (nSPS) is 33.2. The molecule has 0 amide bonds. The van der Waals surface area contributed by atoms with E-state index in [1.54, 1.807) is 0 Å². The second-order valence-corrected chi connectivity index (χ2v) is 4.27. The molecule has 0 N–H and O–H groups in total. The highest BCUT2D eigenvalue weighted by Gasteiger charge is 2.34. The Labute approximate surface area is 96.2 Å². The van der Waals surface area contributed by atoms with Gasteiger partial charge in [0.2, 0.25) is 0 Å². The average molecular weight is 225 g/mol. The summed E-state index contributed by atoms with van der Waals surface area (Å²) in [6.07, 6.45) is 6.21. The fraction of sp³-hybridized carbons (Fsp3) is 0.750. The van der Waals surface area contributed by atoms with Crippen molar-refractivity contribution in [2.24, 2.45) is 0 Å². The van der Waals surface area contributed by atoms with Gasteiger partial charge in [0.15, 0.2) is 0 Å². The van der Waals surface area contributed by atoms with Gasteiger partial charge < -0.3 is 9.47 Å². The lowest BCUT2D eigenvalue weighted by molar-refractivity contribution is -0.137. The van der Waals surface area contributed by atoms with Crippen LogP contribution in [0.5, 0.6) is 0 Å². The largest absolute Gasteiger partial charge is 0.463 e. The van der Waals surface area contributed by atoms with Crippen molar-refractivity contribution in [3.63, 3.8) is 0 Å². The first kappa shape index (κ1) is 11.6. The van der Waals surface area contributed by atoms with Crippen molar-refractivity contribution in [3.8, 4) is 0 Å². The zero-order valence-electron chi connectivity index (χ0n) is 9.72. The summed E-state index contributed by atoms with van der Waals surface area (Å²) in [7, 11) is 0. The van der Waals surface area contributed by atoms with Crippen LogP contribution in [-0.4, -0.2) is 49.3 Å². The molecule has 0 aromatic rings. The molecule has 3 unspecified atom stereocenters. The molecule has 4 nitrogen and oxygen atoms in total. The first-order valence-corrected chi connectivity index (χ1v) is 6.00. The number of carbonyl (C=O) groups excluding carboxylic acids is 1. The van der Waals surface area contributed by atoms with E-state index in [9.17, 15) is 4.79 Å². The van der Waals surface area contributed by atoms with E-state index < -0.39 is 0 Å². The summed E-state index contributed by atoms with van der Waals surface area (Å²) >= 11 is 0. The van der Waals surface area contributed by atoms with E-state index in [0.29, 0.717) is 18.8 Å². The zero-order chi connectivity index (χ0) is 11.4. The minimum Gasteiger partial charge on any atom is -0.463 e. The predicted molar refractivity (Wildman–Crippen MR) is 60.1 cm³/mol. The smallest absolute Gasteiger partial charge is 0.330 e. The van der Waals surface area contributed by atoms with Crippen molar-refractivity contribution in [2.75, 3.05) is 26.3 Å². The van der Waals surface area contributed by atoms with Gasteiger partial charge in [-0.15, -0.1) is 0 Å². The number of esters is 1. The van der Waals surface area contributed by atoms with Gasteiger partial charge in [0.25, 0.3) is 0 Å². The van der Waals surface area contributed by atoms with Crippen LogP contribution in [0.15, 0.2) is 12.2 Å². The van der Waals surface area contributed by atoms with Crippen molar-refractivity contribution in [1.82, 2.24) is 4.90 Å². The highest BCUT2D eigenvalue weighted by Crippen LogP contribution is 2.23. The van der Waals surface area contributed by atoms with E-state index in [0.717, 1.165) is 19.7 Å². The monoisotopic (exact) mass is 225 g/mol. The summed E-state index contributed by atoms with van der Waals surface area (Å²) in [5.74, 6) is -0.244. The zero-order valence-corrected chi connectivity index (χ0v) is 9.72. The standard InChI is InChI=1S/C12H19NO3/c1-2-15-12(14)6-5-10-8-13(10)9-11-4-3-7-16-11/h5-6,10-11H,2-4,7-9H2,1H3/b6-5+. The Morgan fingerprint density at radius 3 is 3.19 bits per heavy atom. The highest BCUT2D eigenvalue weighted by molar-refractivity contribution is 5.82. The maximum atomic E-state index is 11.1. The van der Waals surface area contributed by atoms with Gasteiger partial charge in [-0.25, -0.2) is 4.79 Å². The van der Waals surface area contributed by atoms with Gasteiger partial charge in [0.1, 0.15) is 0 Å². The van der Waals surface area contributed by atoms with E-state index in [1.807, 2.05) is 13.0 Å². The molecule has 2 heterocycles. The number of nitrogens with zero attached hydrogens (tertiary/aromatic N) is 1. The highest BCUT2D eigenvalue weighted by atomic mass is 16.5. The summed E-state index contributed by atoms with van der Waals surface area (Å²) in [6.45, 7) is 5.19. The number of carbonyl (C=O) groups is 1. The van der Waals surface area contributed by atoms with Gasteiger partial charge in [0.05, 0.1) is 12.7 Å². The second kappa shape index (κ2) is 5.46. The van der Waals surface area contributed by atoms with E-state index in [-0.39, 0.29) is 5.97 Å². The summed E-state index contributed by atoms with van der Waals surface area (Å²) in [6, 6.07) is 0.411. The minimum atomic E-state index is -0.244. The van der Waals surface area contributed by atoms with Crippen molar-refractivity contribution in [2.45, 2.75) is 31.9 Å². The Hall–Kier alpha value is -0.870. The first-order valence-electron chi connectivity index (χ1n) is 6.00. The summed E-state index contributed by atoms with van der Waals surface area (Å²) in [4.78, 5) is 13.4. The topological polar surface area (TPSA) is 38.5 Å². The molecule has 2 rings (SSSR count). The van der Waals surface area contributed by atoms with Crippen LogP contribution in [0, 0.1) is 0 Å². The fourth-order valence-electron chi connectivity index (χ4n) is 2.02. The van der Waals surface area contributed by atoms with Gasteiger partial charge in [-0.1, -0.05) is 6.08 Å². The third-order valence-electron chi connectivity index (χ3n) is 2.96. The quantitative estimate of drug-likeness (QED) is 0.397. The van der Waals surface area contributed by atoms with Crippen molar-refractivity contribution >= 4 is 5.97 Å². The van der Waals surface area contributed by atoms with E-state index in [4.69, 9.17) is 9.47 Å². The summed E-state index contributed by atoms with van der Waals surface area (Å²) < 4.78 is 10.4. The van der Waals surface area contributed by atoms with Crippen LogP contribution in [0.25, 0.3) is 0 Å². The average Bonchev–Trinajstić information content (AvgIpc) is 2.76. The second-order valence-electron chi connectivity index (χ2n) is 4.27. The lowest BCUT2D eigenvalue weighted by Crippen LogP contribution is -2.19. The third-order valence-corrected chi connectivity index (χ3v) is 2.96. The maximum absolute atomic E-state index is 11.1. The maximum Gasteiger partial charge on any atom is 0.330 e. The van der Waals surface area contributed by atoms with E-state index in [1.165, 1.54) is 18.9 Å². The lowest BCUT2D eigenvalue weighted by Gasteiger charge is -2.09. The van der Waals surface area contributed by atoms with Gasteiger partial charge >= 0.3 is 5.97 Å². The number of hydrogen-bond acceptors (Lipinski definition) is 4. The Morgan fingerprint density at radius 1 is 1.62 bits per heavy atom. The number of rotatable bonds is 5. The summed E-state index contributed by atoms with van der Waals surface area (Å²) in [5.41, 5.74) is 0. The van der Waals surface area contributed by atoms with Gasteiger partial charge in [-0.3, -0.25) is 4.90 Å². The molecule has 2 saturated heterocycles. The SMILES string of the molecule is CCOC(=O)/C=C/C1CN1CC1CCCO1. The Morgan fingerprint density at radius 2 is 2.50 bits per heavy atom. The van der Waals surface area contributed by atoms with Crippen molar-refractivity contribution in [1.29, 1.82) is 0 Å². The molecule has 2 aliphatic rings.